The first-order chi connectivity index (χ1) is 20.9. The van der Waals surface area contributed by atoms with Gasteiger partial charge in [-0.15, -0.1) is 0 Å². The van der Waals surface area contributed by atoms with E-state index in [1.54, 1.807) is 58.5 Å². The first kappa shape index (κ1) is 29.1. The number of hydrogen-bond acceptors (Lipinski definition) is 9. The molecule has 5 rings (SSSR count). The van der Waals surface area contributed by atoms with Gasteiger partial charge in [0.25, 0.3) is 0 Å². The topological polar surface area (TPSA) is 118 Å². The third-order valence-corrected chi connectivity index (χ3v) is 6.81. The summed E-state index contributed by atoms with van der Waals surface area (Å²) in [6.07, 6.45) is 1.85. The number of rotatable bonds is 12. The number of pyridine rings is 1. The maximum Gasteiger partial charge on any atom is 0.229 e. The predicted molar refractivity (Wildman–Crippen MR) is 164 cm³/mol. The number of nitrogens with one attached hydrogen (secondary N) is 2. The smallest absolute Gasteiger partial charge is 0.229 e. The van der Waals surface area contributed by atoms with Crippen LogP contribution in [0.2, 0.25) is 0 Å². The van der Waals surface area contributed by atoms with Crippen LogP contribution in [0.3, 0.4) is 0 Å². The number of nitrogens with zero attached hydrogens (tertiary/aromatic N) is 3. The number of anilines is 2. The average molecular weight is 584 g/mol. The second-order valence-electron chi connectivity index (χ2n) is 9.52. The second kappa shape index (κ2) is 13.0. The molecule has 0 saturated carbocycles. The Morgan fingerprint density at radius 1 is 0.767 bits per heavy atom. The second-order valence-corrected chi connectivity index (χ2v) is 9.52. The van der Waals surface area contributed by atoms with Gasteiger partial charge in [-0.3, -0.25) is 9.78 Å². The molecule has 5 aromatic rings. The molecule has 0 spiro atoms. The Hall–Kier alpha value is -5.45. The molecular weight excluding hydrogens is 550 g/mol. The van der Waals surface area contributed by atoms with Crippen LogP contribution in [0.25, 0.3) is 10.9 Å². The number of carbonyl (C=O) groups excluding carboxylic acids is 1. The molecule has 0 fully saturated rings. The first-order valence-electron chi connectivity index (χ1n) is 13.5. The van der Waals surface area contributed by atoms with Gasteiger partial charge in [-0.25, -0.2) is 4.68 Å². The summed E-state index contributed by atoms with van der Waals surface area (Å²) < 4.78 is 29.5. The minimum Gasteiger partial charge on any atom is -0.493 e. The van der Waals surface area contributed by atoms with Gasteiger partial charge in [-0.1, -0.05) is 18.2 Å². The van der Waals surface area contributed by atoms with Crippen molar-refractivity contribution in [3.63, 3.8) is 0 Å². The minimum absolute atomic E-state index is 0.173. The molecule has 0 aliphatic heterocycles. The largest absolute Gasteiger partial charge is 0.493 e. The molecule has 11 heteroatoms. The highest BCUT2D eigenvalue weighted by Gasteiger charge is 2.14. The molecule has 0 unspecified atom stereocenters. The normalized spacial score (nSPS) is 10.7. The van der Waals surface area contributed by atoms with Crippen molar-refractivity contribution in [3.05, 3.63) is 84.1 Å². The van der Waals surface area contributed by atoms with Crippen molar-refractivity contribution in [2.75, 3.05) is 46.1 Å². The van der Waals surface area contributed by atoms with E-state index in [1.807, 2.05) is 54.6 Å². The Morgan fingerprint density at radius 3 is 2.14 bits per heavy atom. The lowest BCUT2D eigenvalue weighted by Crippen LogP contribution is -2.18. The summed E-state index contributed by atoms with van der Waals surface area (Å²) in [5, 5.41) is 11.4. The van der Waals surface area contributed by atoms with Crippen molar-refractivity contribution >= 4 is 28.4 Å². The number of hydrogen-bond donors (Lipinski definition) is 2. The van der Waals surface area contributed by atoms with E-state index in [2.05, 4.69) is 20.7 Å². The summed E-state index contributed by atoms with van der Waals surface area (Å²) in [5.74, 6) is 4.72. The van der Waals surface area contributed by atoms with Gasteiger partial charge in [-0.05, 0) is 47.5 Å². The highest BCUT2D eigenvalue weighted by molar-refractivity contribution is 5.92. The fourth-order valence-electron chi connectivity index (χ4n) is 4.62. The van der Waals surface area contributed by atoms with E-state index < -0.39 is 0 Å². The van der Waals surface area contributed by atoms with E-state index in [0.717, 1.165) is 22.0 Å². The highest BCUT2D eigenvalue weighted by Crippen LogP contribution is 2.37. The molecule has 0 radical (unpaired) electrons. The Kier molecular flexibility index (Phi) is 8.80. The molecule has 0 bridgehead atoms. The molecule has 0 atom stereocenters. The Morgan fingerprint density at radius 2 is 1.44 bits per heavy atom. The molecule has 0 aliphatic rings. The molecule has 0 saturated heterocycles. The molecule has 222 valence electrons. The summed E-state index contributed by atoms with van der Waals surface area (Å²) in [7, 11) is 8.13. The molecule has 2 N–H and O–H groups in total. The SMILES string of the molecule is CNc1cc(NC(=O)Cc2ccc(Oc3ccnc4cc(OC)c(OC)cc34)cc2)n(Cc2ccc(OC)c(OC)c2)n1. The van der Waals surface area contributed by atoms with Crippen molar-refractivity contribution in [2.24, 2.45) is 0 Å². The molecule has 2 aromatic heterocycles. The van der Waals surface area contributed by atoms with Crippen LogP contribution >= 0.6 is 0 Å². The van der Waals surface area contributed by atoms with Crippen LogP contribution in [-0.2, 0) is 17.8 Å². The van der Waals surface area contributed by atoms with Crippen LogP contribution in [0.4, 0.5) is 11.6 Å². The fraction of sp³-hybridized carbons (Fsp3) is 0.219. The molecule has 43 heavy (non-hydrogen) atoms. The van der Waals surface area contributed by atoms with E-state index in [4.69, 9.17) is 23.7 Å². The van der Waals surface area contributed by atoms with Crippen LogP contribution in [0.15, 0.2) is 72.9 Å². The summed E-state index contributed by atoms with van der Waals surface area (Å²) in [6.45, 7) is 0.423. The maximum atomic E-state index is 13.0. The third-order valence-electron chi connectivity index (χ3n) is 6.81. The van der Waals surface area contributed by atoms with Crippen molar-refractivity contribution in [1.82, 2.24) is 14.8 Å². The van der Waals surface area contributed by atoms with Crippen LogP contribution in [0, 0.1) is 0 Å². The summed E-state index contributed by atoms with van der Waals surface area (Å²) >= 11 is 0. The minimum atomic E-state index is -0.175. The van der Waals surface area contributed by atoms with Crippen LogP contribution in [0.1, 0.15) is 11.1 Å². The summed E-state index contributed by atoms with van der Waals surface area (Å²) in [5.41, 5.74) is 2.49. The van der Waals surface area contributed by atoms with E-state index in [0.29, 0.717) is 52.7 Å². The van der Waals surface area contributed by atoms with Gasteiger partial charge in [0.1, 0.15) is 23.1 Å². The molecule has 3 aromatic carbocycles. The zero-order valence-electron chi connectivity index (χ0n) is 24.6. The van der Waals surface area contributed by atoms with Crippen molar-refractivity contribution in [3.8, 4) is 34.5 Å². The number of ether oxygens (including phenoxy) is 5. The van der Waals surface area contributed by atoms with Gasteiger partial charge in [0.2, 0.25) is 5.91 Å². The molecular formula is C32H33N5O6. The molecule has 11 nitrogen and oxygen atoms in total. The first-order valence-corrected chi connectivity index (χ1v) is 13.5. The zero-order chi connectivity index (χ0) is 30.3. The van der Waals surface area contributed by atoms with Gasteiger partial charge in [-0.2, -0.15) is 5.10 Å². The average Bonchev–Trinajstić information content (AvgIpc) is 3.41. The van der Waals surface area contributed by atoms with Crippen molar-refractivity contribution in [2.45, 2.75) is 13.0 Å². The number of aromatic nitrogens is 3. The lowest BCUT2D eigenvalue weighted by molar-refractivity contribution is -0.115. The van der Waals surface area contributed by atoms with Crippen LogP contribution in [-0.4, -0.2) is 56.2 Å². The van der Waals surface area contributed by atoms with Gasteiger partial charge >= 0.3 is 0 Å². The van der Waals surface area contributed by atoms with Crippen LogP contribution in [0.5, 0.6) is 34.5 Å². The third kappa shape index (κ3) is 6.56. The number of carbonyl (C=O) groups is 1. The van der Waals surface area contributed by atoms with Gasteiger partial charge in [0, 0.05) is 30.8 Å². The Labute approximate surface area is 249 Å². The monoisotopic (exact) mass is 583 g/mol. The quantitative estimate of drug-likeness (QED) is 0.195. The number of amides is 1. The Balaban J connectivity index is 1.27. The highest BCUT2D eigenvalue weighted by atomic mass is 16.5. The fourth-order valence-corrected chi connectivity index (χ4v) is 4.62. The summed E-state index contributed by atoms with van der Waals surface area (Å²) in [6, 6.07) is 20.3. The number of benzene rings is 3. The Bertz CT molecular complexity index is 1740. The molecule has 2 heterocycles. The van der Waals surface area contributed by atoms with E-state index in [9.17, 15) is 4.79 Å². The molecule has 1 amide bonds. The zero-order valence-corrected chi connectivity index (χ0v) is 24.6. The van der Waals surface area contributed by atoms with Crippen LogP contribution < -0.4 is 34.3 Å². The maximum absolute atomic E-state index is 13.0. The number of methoxy groups -OCH3 is 4. The van der Waals surface area contributed by atoms with E-state index >= 15 is 0 Å². The lowest BCUT2D eigenvalue weighted by atomic mass is 10.1. The number of fused-ring (bicyclic) bond motifs is 1. The van der Waals surface area contributed by atoms with Crippen molar-refractivity contribution < 1.29 is 28.5 Å². The van der Waals surface area contributed by atoms with Gasteiger partial charge in [0.15, 0.2) is 23.0 Å². The van der Waals surface area contributed by atoms with Gasteiger partial charge < -0.3 is 34.3 Å². The van der Waals surface area contributed by atoms with Gasteiger partial charge in [0.05, 0.1) is 46.9 Å². The summed E-state index contributed by atoms with van der Waals surface area (Å²) in [4.78, 5) is 17.5. The van der Waals surface area contributed by atoms with Crippen molar-refractivity contribution in [1.29, 1.82) is 0 Å². The molecule has 0 aliphatic carbocycles. The van der Waals surface area contributed by atoms with E-state index in [1.165, 1.54) is 0 Å². The van der Waals surface area contributed by atoms with E-state index in [-0.39, 0.29) is 12.3 Å². The lowest BCUT2D eigenvalue weighted by Gasteiger charge is -2.13. The predicted octanol–water partition coefficient (Wildman–Crippen LogP) is 5.53. The standard InChI is InChI=1S/C32H33N5O6/c1-33-30-18-31(37(36-30)19-21-8-11-26(39-2)27(14-21)40-3)35-32(38)15-20-6-9-22(10-7-20)43-25-12-13-34-24-17-29(42-5)28(41-4)16-23(24)25/h6-14,16-18H,15,19H2,1-5H3,(H,33,36)(H,35,38).